The minimum absolute atomic E-state index is 0.0734. The molecule has 204 valence electrons. The Morgan fingerprint density at radius 3 is 2.28 bits per heavy atom. The average Bonchev–Trinajstić information content (AvgIpc) is 3.26. The predicted octanol–water partition coefficient (Wildman–Crippen LogP) is 7.35. The van der Waals surface area contributed by atoms with Crippen LogP contribution in [0.3, 0.4) is 0 Å². The van der Waals surface area contributed by atoms with E-state index in [4.69, 9.17) is 4.74 Å². The third-order valence-corrected chi connectivity index (χ3v) is 8.63. The van der Waals surface area contributed by atoms with Crippen LogP contribution in [0, 0.1) is 0 Å². The topological polar surface area (TPSA) is 100 Å². The molecule has 3 N–H and O–H groups in total. The van der Waals surface area contributed by atoms with Crippen LogP contribution in [0.2, 0.25) is 0 Å². The van der Waals surface area contributed by atoms with Gasteiger partial charge in [0, 0.05) is 22.6 Å². The quantitative estimate of drug-likeness (QED) is 0.236. The lowest BCUT2D eigenvalue weighted by atomic mass is 9.87. The van der Waals surface area contributed by atoms with E-state index in [1.165, 1.54) is 6.42 Å². The highest BCUT2D eigenvalue weighted by Crippen LogP contribution is 2.39. The highest BCUT2D eigenvalue weighted by Gasteiger charge is 2.22. The zero-order valence-corrected chi connectivity index (χ0v) is 23.4. The number of aromatic amines is 1. The van der Waals surface area contributed by atoms with Crippen molar-refractivity contribution >= 4 is 32.7 Å². The predicted molar refractivity (Wildman–Crippen MR) is 156 cm³/mol. The highest BCUT2D eigenvalue weighted by molar-refractivity contribution is 7.92. The number of nitrogens with one attached hydrogen (secondary N) is 3. The molecule has 0 unspecified atom stereocenters. The van der Waals surface area contributed by atoms with Crippen LogP contribution < -0.4 is 14.8 Å². The van der Waals surface area contributed by atoms with Gasteiger partial charge in [-0.3, -0.25) is 4.72 Å². The monoisotopic (exact) mass is 545 g/mol. The molecule has 1 aliphatic rings. The second-order valence-electron chi connectivity index (χ2n) is 11.2. The summed E-state index contributed by atoms with van der Waals surface area (Å²) in [6.45, 7) is 6.26. The lowest BCUT2D eigenvalue weighted by Crippen LogP contribution is -2.38. The van der Waals surface area contributed by atoms with Gasteiger partial charge in [-0.1, -0.05) is 82.5 Å². The highest BCUT2D eigenvalue weighted by atomic mass is 32.2. The summed E-state index contributed by atoms with van der Waals surface area (Å²) < 4.78 is 34.9. The third-order valence-electron chi connectivity index (χ3n) is 7.23. The normalized spacial score (nSPS) is 14.7. The zero-order valence-electron chi connectivity index (χ0n) is 22.6. The van der Waals surface area contributed by atoms with Crippen LogP contribution >= 0.6 is 0 Å². The van der Waals surface area contributed by atoms with Crippen LogP contribution in [0.4, 0.5) is 10.5 Å². The van der Waals surface area contributed by atoms with Crippen molar-refractivity contribution in [2.75, 3.05) is 4.72 Å². The van der Waals surface area contributed by atoms with E-state index in [2.05, 4.69) is 35.8 Å². The molecule has 4 aromatic rings. The first-order chi connectivity index (χ1) is 18.6. The fraction of sp³-hybridized carbons (Fsp3) is 0.323. The van der Waals surface area contributed by atoms with Gasteiger partial charge in [0.05, 0.1) is 10.5 Å². The number of carbonyl (C=O) groups excluding carboxylic acids is 1. The molecule has 0 radical (unpaired) electrons. The Balaban J connectivity index is 1.45. The Bertz CT molecular complexity index is 1560. The van der Waals surface area contributed by atoms with Gasteiger partial charge in [-0.15, -0.1) is 0 Å². The molecule has 0 spiro atoms. The molecule has 3 aromatic carbocycles. The molecule has 1 saturated carbocycles. The van der Waals surface area contributed by atoms with E-state index >= 15 is 0 Å². The number of carbonyl (C=O) groups is 1. The van der Waals surface area contributed by atoms with Crippen LogP contribution in [0.15, 0.2) is 77.7 Å². The summed E-state index contributed by atoms with van der Waals surface area (Å²) in [5.41, 5.74) is 3.67. The van der Waals surface area contributed by atoms with Gasteiger partial charge in [-0.25, -0.2) is 13.2 Å². The summed E-state index contributed by atoms with van der Waals surface area (Å²) in [5.74, 6) is 0.322. The Kier molecular flexibility index (Phi) is 7.40. The Hall–Kier alpha value is -3.78. The number of aromatic nitrogens is 1. The van der Waals surface area contributed by atoms with Gasteiger partial charge >= 0.3 is 6.09 Å². The molecule has 5 rings (SSSR count). The van der Waals surface area contributed by atoms with Gasteiger partial charge in [-0.2, -0.15) is 0 Å². The summed E-state index contributed by atoms with van der Waals surface area (Å²) in [4.78, 5) is 16.2. The van der Waals surface area contributed by atoms with Crippen molar-refractivity contribution in [1.29, 1.82) is 0 Å². The Morgan fingerprint density at radius 1 is 0.923 bits per heavy atom. The maximum absolute atomic E-state index is 13.2. The summed E-state index contributed by atoms with van der Waals surface area (Å²) in [5, 5.41) is 3.73. The van der Waals surface area contributed by atoms with Gasteiger partial charge in [0.2, 0.25) is 5.88 Å². The maximum Gasteiger partial charge on any atom is 0.414 e. The number of amides is 1. The summed E-state index contributed by atoms with van der Waals surface area (Å²) in [6, 6.07) is 21.9. The lowest BCUT2D eigenvalue weighted by Gasteiger charge is -2.22. The molecule has 0 bridgehead atoms. The van der Waals surface area contributed by atoms with E-state index in [0.29, 0.717) is 17.1 Å². The van der Waals surface area contributed by atoms with Crippen molar-refractivity contribution in [3.63, 3.8) is 0 Å². The number of hydrogen-bond acceptors (Lipinski definition) is 4. The Morgan fingerprint density at radius 2 is 1.62 bits per heavy atom. The first-order valence-electron chi connectivity index (χ1n) is 13.4. The fourth-order valence-electron chi connectivity index (χ4n) is 5.08. The van der Waals surface area contributed by atoms with Gasteiger partial charge < -0.3 is 15.0 Å². The zero-order chi connectivity index (χ0) is 27.6. The molecule has 0 saturated heterocycles. The second kappa shape index (κ2) is 10.8. The molecule has 1 amide bonds. The van der Waals surface area contributed by atoms with Gasteiger partial charge in [0.25, 0.3) is 10.0 Å². The fourth-order valence-corrected chi connectivity index (χ4v) is 6.13. The SMILES string of the molecule is CC(C)(C)c1ccc(S(=O)(=O)Nc2ccc3[nH]c(OC(=O)NC4CCCCC4)c(-c4ccccc4)c3c2)cc1. The van der Waals surface area contributed by atoms with Gasteiger partial charge in [0.15, 0.2) is 0 Å². The van der Waals surface area contributed by atoms with Gasteiger partial charge in [0.1, 0.15) is 0 Å². The van der Waals surface area contributed by atoms with E-state index in [1.807, 2.05) is 42.5 Å². The van der Waals surface area contributed by atoms with E-state index in [0.717, 1.165) is 47.7 Å². The van der Waals surface area contributed by atoms with Crippen molar-refractivity contribution in [2.45, 2.75) is 69.2 Å². The van der Waals surface area contributed by atoms with Crippen molar-refractivity contribution in [3.05, 3.63) is 78.4 Å². The van der Waals surface area contributed by atoms with Gasteiger partial charge in [-0.05, 0) is 59.7 Å². The second-order valence-corrected chi connectivity index (χ2v) is 12.9. The van der Waals surface area contributed by atoms with Crippen molar-refractivity contribution in [1.82, 2.24) is 10.3 Å². The average molecular weight is 546 g/mol. The van der Waals surface area contributed by atoms with Crippen LogP contribution in [0.1, 0.15) is 58.4 Å². The molecular formula is C31H35N3O4S. The molecule has 0 aliphatic heterocycles. The third kappa shape index (κ3) is 6.11. The number of fused-ring (bicyclic) bond motifs is 1. The first-order valence-corrected chi connectivity index (χ1v) is 14.9. The van der Waals surface area contributed by atoms with E-state index < -0.39 is 16.1 Å². The van der Waals surface area contributed by atoms with E-state index in [-0.39, 0.29) is 16.4 Å². The molecular weight excluding hydrogens is 510 g/mol. The van der Waals surface area contributed by atoms with Crippen molar-refractivity contribution in [2.24, 2.45) is 0 Å². The molecule has 0 atom stereocenters. The van der Waals surface area contributed by atoms with Crippen LogP contribution in [-0.2, 0) is 15.4 Å². The summed E-state index contributed by atoms with van der Waals surface area (Å²) >= 11 is 0. The van der Waals surface area contributed by atoms with Crippen LogP contribution in [0.25, 0.3) is 22.0 Å². The minimum atomic E-state index is -3.81. The largest absolute Gasteiger partial charge is 0.414 e. The lowest BCUT2D eigenvalue weighted by molar-refractivity contribution is 0.190. The smallest absolute Gasteiger partial charge is 0.393 e. The molecule has 8 heteroatoms. The number of benzene rings is 3. The Labute approximate surface area is 230 Å². The standard InChI is InChI=1S/C31H35N3O4S/c1-31(2,3)22-14-17-25(18-15-22)39(36,37)34-24-16-19-27-26(20-24)28(21-10-6-4-7-11-21)29(33-27)38-30(35)32-23-12-8-5-9-13-23/h4,6-7,10-11,14-20,23,33-34H,5,8-9,12-13H2,1-3H3,(H,32,35). The maximum atomic E-state index is 13.2. The minimum Gasteiger partial charge on any atom is -0.393 e. The number of sulfonamides is 1. The summed E-state index contributed by atoms with van der Waals surface area (Å²) in [7, 11) is -3.81. The van der Waals surface area contributed by atoms with Crippen molar-refractivity contribution in [3.8, 4) is 17.0 Å². The molecule has 1 heterocycles. The summed E-state index contributed by atoms with van der Waals surface area (Å²) in [6.07, 6.45) is 4.82. The number of anilines is 1. The van der Waals surface area contributed by atoms with E-state index in [1.54, 1.807) is 30.3 Å². The first kappa shape index (κ1) is 26.8. The number of hydrogen-bond donors (Lipinski definition) is 3. The number of H-pyrrole nitrogens is 1. The van der Waals surface area contributed by atoms with Crippen LogP contribution in [-0.4, -0.2) is 25.5 Å². The van der Waals surface area contributed by atoms with Crippen LogP contribution in [0.5, 0.6) is 5.88 Å². The molecule has 39 heavy (non-hydrogen) atoms. The molecule has 1 fully saturated rings. The molecule has 1 aliphatic carbocycles. The number of rotatable bonds is 6. The molecule has 7 nitrogen and oxygen atoms in total. The van der Waals surface area contributed by atoms with E-state index in [9.17, 15) is 13.2 Å². The number of ether oxygens (including phenoxy) is 1. The molecule has 1 aromatic heterocycles. The van der Waals surface area contributed by atoms with Crippen molar-refractivity contribution < 1.29 is 17.9 Å².